The number of Topliss-reactive ketones (excluding diaryl/α,β-unsaturated/α-hetero) is 1. The van der Waals surface area contributed by atoms with Gasteiger partial charge in [-0.05, 0) is 38.8 Å². The standard InChI is InChI=1S/C18H20N4O2/c1-12-4-3-5-17(21-12)15(10-19)18(23)16-11-20-22(13(16)2)14-6-8-24-9-7-14/h3-5,11,14-15H,6-9H2,1-2H3. The fraction of sp³-hybridized carbons (Fsp3) is 0.444. The molecule has 3 rings (SSSR count). The molecule has 3 heterocycles. The van der Waals surface area contributed by atoms with Gasteiger partial charge in [-0.15, -0.1) is 0 Å². The highest BCUT2D eigenvalue weighted by Crippen LogP contribution is 2.26. The summed E-state index contributed by atoms with van der Waals surface area (Å²) in [5.74, 6) is -1.15. The molecule has 0 amide bonds. The SMILES string of the molecule is Cc1cccc(C(C#N)C(=O)c2cnn(C3CCOCC3)c2C)n1. The highest BCUT2D eigenvalue weighted by atomic mass is 16.5. The maximum absolute atomic E-state index is 12.9. The number of hydrogen-bond acceptors (Lipinski definition) is 5. The van der Waals surface area contributed by atoms with Crippen LogP contribution in [0.2, 0.25) is 0 Å². The number of aryl methyl sites for hydroxylation is 1. The number of ether oxygens (including phenoxy) is 1. The second-order valence-corrected chi connectivity index (χ2v) is 6.06. The van der Waals surface area contributed by atoms with Crippen molar-refractivity contribution >= 4 is 5.78 Å². The van der Waals surface area contributed by atoms with Crippen LogP contribution in [0.15, 0.2) is 24.4 Å². The largest absolute Gasteiger partial charge is 0.381 e. The molecule has 0 spiro atoms. The lowest BCUT2D eigenvalue weighted by Gasteiger charge is -2.23. The van der Waals surface area contributed by atoms with Crippen LogP contribution in [0.5, 0.6) is 0 Å². The summed E-state index contributed by atoms with van der Waals surface area (Å²) in [5.41, 5.74) is 2.58. The number of nitrogens with zero attached hydrogens (tertiary/aromatic N) is 4. The first-order valence-electron chi connectivity index (χ1n) is 8.11. The van der Waals surface area contributed by atoms with Gasteiger partial charge in [0.15, 0.2) is 11.7 Å². The molecule has 0 saturated carbocycles. The Bertz CT molecular complexity index is 785. The van der Waals surface area contributed by atoms with Crippen molar-refractivity contribution in [2.75, 3.05) is 13.2 Å². The molecular weight excluding hydrogens is 304 g/mol. The van der Waals surface area contributed by atoms with Crippen molar-refractivity contribution in [2.45, 2.75) is 38.6 Å². The Balaban J connectivity index is 1.89. The van der Waals surface area contributed by atoms with E-state index in [9.17, 15) is 10.1 Å². The van der Waals surface area contributed by atoms with Gasteiger partial charge < -0.3 is 4.74 Å². The normalized spacial score (nSPS) is 16.5. The average Bonchev–Trinajstić information content (AvgIpc) is 2.98. The van der Waals surface area contributed by atoms with Gasteiger partial charge in [0.05, 0.1) is 29.6 Å². The summed E-state index contributed by atoms with van der Waals surface area (Å²) in [5, 5.41) is 13.9. The van der Waals surface area contributed by atoms with E-state index >= 15 is 0 Å². The van der Waals surface area contributed by atoms with E-state index in [0.29, 0.717) is 24.5 Å². The zero-order valence-corrected chi connectivity index (χ0v) is 13.9. The molecule has 0 aromatic carbocycles. The molecule has 1 fully saturated rings. The van der Waals surface area contributed by atoms with Crippen LogP contribution in [0, 0.1) is 25.2 Å². The van der Waals surface area contributed by atoms with Crippen molar-refractivity contribution in [3.8, 4) is 6.07 Å². The molecule has 24 heavy (non-hydrogen) atoms. The van der Waals surface area contributed by atoms with Gasteiger partial charge >= 0.3 is 0 Å². The molecule has 1 saturated heterocycles. The second kappa shape index (κ2) is 6.93. The molecule has 0 aliphatic carbocycles. The Kier molecular flexibility index (Phi) is 4.72. The number of carbonyl (C=O) groups is 1. The van der Waals surface area contributed by atoms with Gasteiger partial charge in [0.25, 0.3) is 0 Å². The maximum Gasteiger partial charge on any atom is 0.189 e. The summed E-state index contributed by atoms with van der Waals surface area (Å²) < 4.78 is 7.28. The highest BCUT2D eigenvalue weighted by Gasteiger charge is 2.28. The fourth-order valence-electron chi connectivity index (χ4n) is 3.10. The third-order valence-corrected chi connectivity index (χ3v) is 4.44. The molecule has 124 valence electrons. The average molecular weight is 324 g/mol. The maximum atomic E-state index is 12.9. The summed E-state index contributed by atoms with van der Waals surface area (Å²) in [6.45, 7) is 5.15. The minimum absolute atomic E-state index is 0.244. The molecule has 1 atom stereocenters. The molecule has 1 aliphatic heterocycles. The second-order valence-electron chi connectivity index (χ2n) is 6.06. The van der Waals surface area contributed by atoms with Gasteiger partial charge in [-0.2, -0.15) is 10.4 Å². The van der Waals surface area contributed by atoms with E-state index in [-0.39, 0.29) is 11.8 Å². The lowest BCUT2D eigenvalue weighted by molar-refractivity contribution is 0.0656. The lowest BCUT2D eigenvalue weighted by Crippen LogP contribution is -2.22. The van der Waals surface area contributed by atoms with Crippen LogP contribution in [0.25, 0.3) is 0 Å². The molecule has 0 N–H and O–H groups in total. The Morgan fingerprint density at radius 3 is 2.79 bits per heavy atom. The van der Waals surface area contributed by atoms with Crippen molar-refractivity contribution in [1.29, 1.82) is 5.26 Å². The third kappa shape index (κ3) is 3.08. The van der Waals surface area contributed by atoms with E-state index in [1.165, 1.54) is 0 Å². The number of nitriles is 1. The minimum atomic E-state index is -0.907. The van der Waals surface area contributed by atoms with Crippen molar-refractivity contribution in [1.82, 2.24) is 14.8 Å². The van der Waals surface area contributed by atoms with Crippen LogP contribution in [-0.4, -0.2) is 33.8 Å². The quantitative estimate of drug-likeness (QED) is 0.808. The van der Waals surface area contributed by atoms with Crippen molar-refractivity contribution in [2.24, 2.45) is 0 Å². The predicted octanol–water partition coefficient (Wildman–Crippen LogP) is 2.74. The summed E-state index contributed by atoms with van der Waals surface area (Å²) >= 11 is 0. The molecule has 1 unspecified atom stereocenters. The van der Waals surface area contributed by atoms with E-state index in [2.05, 4.69) is 16.2 Å². The number of pyridine rings is 1. The fourth-order valence-corrected chi connectivity index (χ4v) is 3.10. The van der Waals surface area contributed by atoms with Crippen molar-refractivity contribution in [3.63, 3.8) is 0 Å². The molecule has 2 aromatic heterocycles. The van der Waals surface area contributed by atoms with Gasteiger partial charge in [-0.3, -0.25) is 14.5 Å². The Morgan fingerprint density at radius 1 is 1.38 bits per heavy atom. The van der Waals surface area contributed by atoms with E-state index in [1.807, 2.05) is 30.7 Å². The molecule has 0 radical (unpaired) electrons. The zero-order chi connectivity index (χ0) is 17.1. The van der Waals surface area contributed by atoms with Gasteiger partial charge in [0.1, 0.15) is 0 Å². The van der Waals surface area contributed by atoms with Crippen LogP contribution < -0.4 is 0 Å². The van der Waals surface area contributed by atoms with E-state index in [1.54, 1.807) is 12.3 Å². The number of hydrogen-bond donors (Lipinski definition) is 0. The lowest BCUT2D eigenvalue weighted by atomic mass is 9.95. The molecule has 6 nitrogen and oxygen atoms in total. The number of aromatic nitrogens is 3. The molecule has 1 aliphatic rings. The van der Waals surface area contributed by atoms with Crippen LogP contribution in [0.1, 0.15) is 52.2 Å². The third-order valence-electron chi connectivity index (χ3n) is 4.44. The smallest absolute Gasteiger partial charge is 0.189 e. The molecule has 6 heteroatoms. The molecule has 2 aromatic rings. The monoisotopic (exact) mass is 324 g/mol. The van der Waals surface area contributed by atoms with Crippen LogP contribution in [0.4, 0.5) is 0 Å². The molecule has 0 bridgehead atoms. The summed E-state index contributed by atoms with van der Waals surface area (Å²) in [6, 6.07) is 7.72. The minimum Gasteiger partial charge on any atom is -0.381 e. The van der Waals surface area contributed by atoms with E-state index in [4.69, 9.17) is 4.74 Å². The zero-order valence-electron chi connectivity index (χ0n) is 13.9. The molecular formula is C18H20N4O2. The number of ketones is 1. The van der Waals surface area contributed by atoms with Gasteiger partial charge in [0, 0.05) is 24.6 Å². The summed E-state index contributed by atoms with van der Waals surface area (Å²) in [4.78, 5) is 17.2. The highest BCUT2D eigenvalue weighted by molar-refractivity contribution is 6.03. The van der Waals surface area contributed by atoms with Gasteiger partial charge in [0.2, 0.25) is 0 Å². The first-order valence-corrected chi connectivity index (χ1v) is 8.11. The Labute approximate surface area is 141 Å². The van der Waals surface area contributed by atoms with Crippen LogP contribution >= 0.6 is 0 Å². The van der Waals surface area contributed by atoms with E-state index in [0.717, 1.165) is 24.2 Å². The number of rotatable bonds is 4. The van der Waals surface area contributed by atoms with Crippen molar-refractivity contribution < 1.29 is 9.53 Å². The first-order chi connectivity index (χ1) is 11.6. The topological polar surface area (TPSA) is 80.8 Å². The van der Waals surface area contributed by atoms with Crippen LogP contribution in [-0.2, 0) is 4.74 Å². The Hall–Kier alpha value is -2.52. The van der Waals surface area contributed by atoms with Gasteiger partial charge in [-0.1, -0.05) is 6.07 Å². The number of carbonyl (C=O) groups excluding carboxylic acids is 1. The van der Waals surface area contributed by atoms with E-state index < -0.39 is 5.92 Å². The van der Waals surface area contributed by atoms with Crippen LogP contribution in [0.3, 0.4) is 0 Å². The van der Waals surface area contributed by atoms with Crippen molar-refractivity contribution in [3.05, 3.63) is 47.0 Å². The first kappa shape index (κ1) is 16.3. The summed E-state index contributed by atoms with van der Waals surface area (Å²) in [7, 11) is 0. The van der Waals surface area contributed by atoms with Gasteiger partial charge in [-0.25, -0.2) is 0 Å². The predicted molar refractivity (Wildman–Crippen MR) is 87.7 cm³/mol. The summed E-state index contributed by atoms with van der Waals surface area (Å²) in [6.07, 6.45) is 3.35. The Morgan fingerprint density at radius 2 is 2.12 bits per heavy atom.